The molecule has 25 heavy (non-hydrogen) atoms. The zero-order valence-corrected chi connectivity index (χ0v) is 14.9. The van der Waals surface area contributed by atoms with Gasteiger partial charge in [-0.05, 0) is 30.5 Å². The third kappa shape index (κ3) is 4.87. The highest BCUT2D eigenvalue weighted by atomic mass is 32.1. The maximum absolute atomic E-state index is 12.2. The summed E-state index contributed by atoms with van der Waals surface area (Å²) in [6, 6.07) is 7.37. The molecule has 0 fully saturated rings. The highest BCUT2D eigenvalue weighted by Crippen LogP contribution is 2.23. The van der Waals surface area contributed by atoms with Crippen molar-refractivity contribution in [1.82, 2.24) is 9.88 Å². The number of aryl methyl sites for hydroxylation is 1. The molecule has 0 spiro atoms. The first-order chi connectivity index (χ1) is 12.1. The molecular formula is C19H20N2O3S. The van der Waals surface area contributed by atoms with Crippen molar-refractivity contribution in [2.75, 3.05) is 19.7 Å². The van der Waals surface area contributed by atoms with E-state index in [1.807, 2.05) is 17.5 Å². The molecule has 0 aliphatic heterocycles. The summed E-state index contributed by atoms with van der Waals surface area (Å²) in [5.41, 5.74) is 1.73. The number of ether oxygens (including phenoxy) is 1. The maximum atomic E-state index is 12.2. The largest absolute Gasteiger partial charge is 0.452 e. The van der Waals surface area contributed by atoms with Crippen LogP contribution < -0.4 is 0 Å². The van der Waals surface area contributed by atoms with Crippen LogP contribution in [0.3, 0.4) is 0 Å². The minimum atomic E-state index is -0.562. The lowest BCUT2D eigenvalue weighted by atomic mass is 10.2. The summed E-state index contributed by atoms with van der Waals surface area (Å²) in [7, 11) is 0. The first-order valence-electron chi connectivity index (χ1n) is 7.75. The first-order valence-corrected chi connectivity index (χ1v) is 8.63. The molecule has 0 unspecified atom stereocenters. The molecule has 0 N–H and O–H groups in total. The van der Waals surface area contributed by atoms with E-state index in [1.54, 1.807) is 42.5 Å². The average molecular weight is 356 g/mol. The number of nitrogens with zero attached hydrogens (tertiary/aromatic N) is 2. The molecule has 130 valence electrons. The summed E-state index contributed by atoms with van der Waals surface area (Å²) >= 11 is 1.58. The number of rotatable bonds is 8. The number of amides is 1. The van der Waals surface area contributed by atoms with Gasteiger partial charge < -0.3 is 9.64 Å². The van der Waals surface area contributed by atoms with Gasteiger partial charge in [-0.25, -0.2) is 4.79 Å². The van der Waals surface area contributed by atoms with Gasteiger partial charge in [0.1, 0.15) is 0 Å². The Bertz CT molecular complexity index is 759. The highest BCUT2D eigenvalue weighted by Gasteiger charge is 2.17. The lowest BCUT2D eigenvalue weighted by molar-refractivity contribution is -0.133. The Hall–Kier alpha value is -2.73. The van der Waals surface area contributed by atoms with Crippen LogP contribution in [0, 0.1) is 6.92 Å². The van der Waals surface area contributed by atoms with Crippen LogP contribution in [0.5, 0.6) is 0 Å². The van der Waals surface area contributed by atoms with Crippen LogP contribution in [0.2, 0.25) is 0 Å². The van der Waals surface area contributed by atoms with Gasteiger partial charge in [-0.1, -0.05) is 18.2 Å². The number of carbonyl (C=O) groups is 2. The molecule has 2 rings (SSSR count). The summed E-state index contributed by atoms with van der Waals surface area (Å²) in [4.78, 5) is 31.3. The van der Waals surface area contributed by atoms with E-state index in [2.05, 4.69) is 18.1 Å². The molecule has 0 aliphatic rings. The Balaban J connectivity index is 2.02. The van der Waals surface area contributed by atoms with Crippen LogP contribution in [0.1, 0.15) is 16.1 Å². The normalized spacial score (nSPS) is 10.1. The molecule has 5 nitrogen and oxygen atoms in total. The molecule has 2 aromatic rings. The number of esters is 1. The Morgan fingerprint density at radius 1 is 1.24 bits per heavy atom. The number of thiophene rings is 1. The first kappa shape index (κ1) is 18.6. The zero-order chi connectivity index (χ0) is 18.2. The Labute approximate surface area is 151 Å². The van der Waals surface area contributed by atoms with E-state index in [0.717, 1.165) is 10.6 Å². The minimum Gasteiger partial charge on any atom is -0.452 e. The summed E-state index contributed by atoms with van der Waals surface area (Å²) < 4.78 is 5.14. The van der Waals surface area contributed by atoms with Crippen molar-refractivity contribution in [2.24, 2.45) is 0 Å². The third-order valence-electron chi connectivity index (χ3n) is 3.46. The fraction of sp³-hybridized carbons (Fsp3) is 0.211. The van der Waals surface area contributed by atoms with Crippen molar-refractivity contribution in [3.05, 3.63) is 66.2 Å². The number of carbonyl (C=O) groups excluding carboxylic acids is 2. The molecule has 0 atom stereocenters. The third-order valence-corrected chi connectivity index (χ3v) is 4.35. The van der Waals surface area contributed by atoms with Crippen LogP contribution in [0.25, 0.3) is 10.6 Å². The minimum absolute atomic E-state index is 0.297. The smallest absolute Gasteiger partial charge is 0.340 e. The Morgan fingerprint density at radius 3 is 2.52 bits per heavy atom. The second-order valence-corrected chi connectivity index (χ2v) is 6.21. The van der Waals surface area contributed by atoms with Crippen LogP contribution in [0.15, 0.2) is 55.0 Å². The SMILES string of the molecule is C=CCN(CC=C)C(=O)COC(=O)c1ccc(-c2cccs2)nc1C. The lowest BCUT2D eigenvalue weighted by Gasteiger charge is -2.19. The highest BCUT2D eigenvalue weighted by molar-refractivity contribution is 7.13. The van der Waals surface area contributed by atoms with Gasteiger partial charge in [0.05, 0.1) is 21.8 Å². The number of aromatic nitrogens is 1. The van der Waals surface area contributed by atoms with Gasteiger partial charge >= 0.3 is 5.97 Å². The van der Waals surface area contributed by atoms with Crippen LogP contribution in [-0.4, -0.2) is 41.5 Å². The van der Waals surface area contributed by atoms with Crippen LogP contribution in [-0.2, 0) is 9.53 Å². The molecule has 6 heteroatoms. The van der Waals surface area contributed by atoms with Crippen molar-refractivity contribution in [1.29, 1.82) is 0 Å². The lowest BCUT2D eigenvalue weighted by Crippen LogP contribution is -2.35. The molecular weight excluding hydrogens is 336 g/mol. The van der Waals surface area contributed by atoms with Crippen LogP contribution >= 0.6 is 11.3 Å². The standard InChI is InChI=1S/C19H20N2O3S/c1-4-10-21(11-5-2)18(22)13-24-19(23)15-8-9-16(20-14(15)3)17-7-6-12-25-17/h4-9,12H,1-2,10-11,13H2,3H3. The summed E-state index contributed by atoms with van der Waals surface area (Å²) in [6.45, 7) is 9.38. The topological polar surface area (TPSA) is 59.5 Å². The van der Waals surface area contributed by atoms with E-state index in [4.69, 9.17) is 4.74 Å². The van der Waals surface area contributed by atoms with Gasteiger partial charge in [0.2, 0.25) is 0 Å². The van der Waals surface area contributed by atoms with E-state index in [0.29, 0.717) is 24.3 Å². The predicted octanol–water partition coefficient (Wildman–Crippen LogP) is 3.48. The molecule has 0 radical (unpaired) electrons. The summed E-state index contributed by atoms with van der Waals surface area (Å²) in [5, 5.41) is 1.97. The monoisotopic (exact) mass is 356 g/mol. The van der Waals surface area contributed by atoms with Gasteiger partial charge in [0.25, 0.3) is 5.91 Å². The number of hydrogen-bond acceptors (Lipinski definition) is 5. The van der Waals surface area contributed by atoms with Gasteiger partial charge in [-0.3, -0.25) is 9.78 Å². The fourth-order valence-corrected chi connectivity index (χ4v) is 2.92. The van der Waals surface area contributed by atoms with Crippen LogP contribution in [0.4, 0.5) is 0 Å². The zero-order valence-electron chi connectivity index (χ0n) is 14.1. The molecule has 2 aromatic heterocycles. The van der Waals surface area contributed by atoms with E-state index in [-0.39, 0.29) is 12.5 Å². The van der Waals surface area contributed by atoms with E-state index in [9.17, 15) is 9.59 Å². The van der Waals surface area contributed by atoms with E-state index < -0.39 is 5.97 Å². The van der Waals surface area contributed by atoms with Crippen molar-refractivity contribution in [3.63, 3.8) is 0 Å². The Kier molecular flexibility index (Phi) is 6.65. The molecule has 0 aliphatic carbocycles. The molecule has 0 bridgehead atoms. The second-order valence-electron chi connectivity index (χ2n) is 5.26. The fourth-order valence-electron chi connectivity index (χ4n) is 2.22. The summed E-state index contributed by atoms with van der Waals surface area (Å²) in [5.74, 6) is -0.859. The van der Waals surface area contributed by atoms with Gasteiger partial charge in [-0.2, -0.15) is 0 Å². The molecule has 0 saturated heterocycles. The van der Waals surface area contributed by atoms with E-state index >= 15 is 0 Å². The number of hydrogen-bond donors (Lipinski definition) is 0. The van der Waals surface area contributed by atoms with Crippen molar-refractivity contribution < 1.29 is 14.3 Å². The summed E-state index contributed by atoms with van der Waals surface area (Å²) in [6.07, 6.45) is 3.22. The predicted molar refractivity (Wildman–Crippen MR) is 99.5 cm³/mol. The van der Waals surface area contributed by atoms with Gasteiger partial charge in [0, 0.05) is 13.1 Å². The number of pyridine rings is 1. The van der Waals surface area contributed by atoms with Gasteiger partial charge in [0.15, 0.2) is 6.61 Å². The molecule has 0 aromatic carbocycles. The second kappa shape index (κ2) is 8.94. The molecule has 2 heterocycles. The van der Waals surface area contributed by atoms with E-state index in [1.165, 1.54) is 4.90 Å². The van der Waals surface area contributed by atoms with Crippen molar-refractivity contribution in [3.8, 4) is 10.6 Å². The maximum Gasteiger partial charge on any atom is 0.340 e. The Morgan fingerprint density at radius 2 is 1.96 bits per heavy atom. The molecule has 1 amide bonds. The average Bonchev–Trinajstić information content (AvgIpc) is 3.13. The quantitative estimate of drug-likeness (QED) is 0.537. The van der Waals surface area contributed by atoms with Gasteiger partial charge in [-0.15, -0.1) is 24.5 Å². The molecule has 0 saturated carbocycles. The van der Waals surface area contributed by atoms with Crippen molar-refractivity contribution in [2.45, 2.75) is 6.92 Å². The van der Waals surface area contributed by atoms with Crippen molar-refractivity contribution >= 4 is 23.2 Å².